The fourth-order valence-electron chi connectivity index (χ4n) is 0.448. The molecule has 13 heteroatoms. The van der Waals surface area contributed by atoms with Crippen LogP contribution >= 0.6 is 61.7 Å². The summed E-state index contributed by atoms with van der Waals surface area (Å²) in [5.74, 6) is 0. The Bertz CT molecular complexity index is 314. The van der Waals surface area contributed by atoms with Crippen molar-refractivity contribution < 1.29 is 39.9 Å². The fraction of sp³-hybridized carbons (Fsp3) is 1.00. The second-order valence-electron chi connectivity index (χ2n) is 2.71. The second kappa shape index (κ2) is 5.19. The van der Waals surface area contributed by atoms with Gasteiger partial charge in [-0.2, -0.15) is 30.7 Å². The van der Waals surface area contributed by atoms with Gasteiger partial charge in [-0.1, -0.05) is 11.6 Å². The van der Waals surface area contributed by atoms with Gasteiger partial charge in [-0.25, -0.2) is 4.39 Å². The van der Waals surface area contributed by atoms with E-state index in [-0.39, 0.29) is 22.6 Å². The standard InChI is InChI=1S/C5BrCl2F8IO/c6-2(10,11)1(7,9)5(15,16)18-3(8,12)4(13,14)17. The molecule has 0 aliphatic rings. The van der Waals surface area contributed by atoms with Crippen LogP contribution in [0.1, 0.15) is 0 Å². The highest BCUT2D eigenvalue weighted by Crippen LogP contribution is 2.55. The first-order valence-electron chi connectivity index (χ1n) is 3.43. The third-order valence-corrected chi connectivity index (χ3v) is 3.87. The Morgan fingerprint density at radius 2 is 1.22 bits per heavy atom. The van der Waals surface area contributed by atoms with Gasteiger partial charge in [0.25, 0.3) is 0 Å². The molecule has 0 fully saturated rings. The van der Waals surface area contributed by atoms with Gasteiger partial charge in [-0.05, 0) is 27.5 Å². The zero-order valence-corrected chi connectivity index (χ0v) is 12.7. The molecule has 0 N–H and O–H groups in total. The van der Waals surface area contributed by atoms with E-state index in [0.717, 1.165) is 15.9 Å². The van der Waals surface area contributed by atoms with Crippen molar-refractivity contribution in [3.8, 4) is 0 Å². The van der Waals surface area contributed by atoms with Gasteiger partial charge in [-0.3, -0.25) is 4.74 Å². The van der Waals surface area contributed by atoms with E-state index in [1.807, 2.05) is 0 Å². The van der Waals surface area contributed by atoms with Gasteiger partial charge in [-0.15, -0.1) is 0 Å². The molecular formula is C5BrCl2F8IO. The van der Waals surface area contributed by atoms with Gasteiger partial charge >= 0.3 is 25.3 Å². The molecule has 1 nitrogen and oxygen atoms in total. The van der Waals surface area contributed by atoms with Crippen molar-refractivity contribution in [2.75, 3.05) is 0 Å². The van der Waals surface area contributed by atoms with Crippen molar-refractivity contribution in [2.24, 2.45) is 0 Å². The molecule has 0 aromatic carbocycles. The Morgan fingerprint density at radius 3 is 1.44 bits per heavy atom. The molecule has 0 aliphatic heterocycles. The molecule has 0 aromatic heterocycles. The predicted molar refractivity (Wildman–Crippen MR) is 58.3 cm³/mol. The third-order valence-electron chi connectivity index (χ3n) is 1.31. The Hall–Kier alpha value is 1.19. The normalized spacial score (nSPS) is 21.3. The molecule has 2 atom stereocenters. The second-order valence-corrected chi connectivity index (χ2v) is 6.06. The minimum atomic E-state index is -5.87. The van der Waals surface area contributed by atoms with Crippen molar-refractivity contribution in [3.05, 3.63) is 0 Å². The Kier molecular flexibility index (Phi) is 5.53. The van der Waals surface area contributed by atoms with E-state index in [0.29, 0.717) is 0 Å². The van der Waals surface area contributed by atoms with Crippen LogP contribution in [0, 0.1) is 0 Å². The summed E-state index contributed by atoms with van der Waals surface area (Å²) in [6.07, 6.45) is -5.87. The largest absolute Gasteiger partial charge is 0.414 e. The van der Waals surface area contributed by atoms with Crippen LogP contribution in [0.2, 0.25) is 0 Å². The van der Waals surface area contributed by atoms with Gasteiger partial charge in [0.2, 0.25) is 0 Å². The number of hydrogen-bond acceptors (Lipinski definition) is 1. The molecular weight excluding hydrogens is 506 g/mol. The van der Waals surface area contributed by atoms with E-state index in [2.05, 4.69) is 27.9 Å². The van der Waals surface area contributed by atoms with E-state index < -0.39 is 25.3 Å². The van der Waals surface area contributed by atoms with Crippen molar-refractivity contribution in [3.63, 3.8) is 0 Å². The predicted octanol–water partition coefficient (Wildman–Crippen LogP) is 5.38. The summed E-state index contributed by atoms with van der Waals surface area (Å²) in [7, 11) is 0. The van der Waals surface area contributed by atoms with Gasteiger partial charge in [0, 0.05) is 22.6 Å². The average molecular weight is 506 g/mol. The Labute approximate surface area is 126 Å². The van der Waals surface area contributed by atoms with Crippen LogP contribution in [0.4, 0.5) is 35.1 Å². The molecule has 0 aliphatic carbocycles. The lowest BCUT2D eigenvalue weighted by Crippen LogP contribution is -2.56. The van der Waals surface area contributed by atoms with Crippen LogP contribution in [-0.2, 0) is 4.74 Å². The van der Waals surface area contributed by atoms with Crippen molar-refractivity contribution in [1.29, 1.82) is 0 Å². The van der Waals surface area contributed by atoms with Gasteiger partial charge in [0.05, 0.1) is 0 Å². The first kappa shape index (κ1) is 19.2. The molecule has 0 aromatic rings. The number of hydrogen-bond donors (Lipinski definition) is 0. The average Bonchev–Trinajstić information content (AvgIpc) is 1.96. The highest BCUT2D eigenvalue weighted by molar-refractivity contribution is 14.1. The summed E-state index contributed by atoms with van der Waals surface area (Å²) in [5.41, 5.74) is 0. The molecule has 0 radical (unpaired) electrons. The maximum atomic E-state index is 12.9. The van der Waals surface area contributed by atoms with E-state index >= 15 is 0 Å². The van der Waals surface area contributed by atoms with E-state index in [9.17, 15) is 35.1 Å². The molecule has 18 heavy (non-hydrogen) atoms. The van der Waals surface area contributed by atoms with Crippen LogP contribution in [0.5, 0.6) is 0 Å². The Morgan fingerprint density at radius 1 is 0.889 bits per heavy atom. The third kappa shape index (κ3) is 3.85. The number of rotatable bonds is 5. The summed E-state index contributed by atoms with van der Waals surface area (Å²) in [5, 5.41) is -10.3. The lowest BCUT2D eigenvalue weighted by molar-refractivity contribution is -0.373. The zero-order chi connectivity index (χ0) is 15.2. The van der Waals surface area contributed by atoms with Crippen molar-refractivity contribution >= 4 is 61.7 Å². The molecule has 0 bridgehead atoms. The minimum absolute atomic E-state index is 0.0549. The molecule has 0 amide bonds. The summed E-state index contributed by atoms with van der Waals surface area (Å²) in [6.45, 7) is 0. The number of halogens is 12. The lowest BCUT2D eigenvalue weighted by Gasteiger charge is -2.34. The topological polar surface area (TPSA) is 9.23 Å². The maximum Gasteiger partial charge on any atom is 0.414 e. The molecule has 2 unspecified atom stereocenters. The van der Waals surface area contributed by atoms with Crippen molar-refractivity contribution in [2.45, 2.75) is 25.3 Å². The molecule has 0 saturated heterocycles. The molecule has 0 spiro atoms. The molecule has 0 saturated carbocycles. The van der Waals surface area contributed by atoms with Crippen molar-refractivity contribution in [1.82, 2.24) is 0 Å². The van der Waals surface area contributed by atoms with Crippen LogP contribution in [0.25, 0.3) is 0 Å². The fourth-order valence-corrected chi connectivity index (χ4v) is 0.924. The van der Waals surface area contributed by atoms with Crippen LogP contribution in [0.3, 0.4) is 0 Å². The molecule has 110 valence electrons. The lowest BCUT2D eigenvalue weighted by atomic mass is 10.3. The van der Waals surface area contributed by atoms with Gasteiger partial charge in [0.15, 0.2) is 0 Å². The zero-order valence-electron chi connectivity index (χ0n) is 7.44. The van der Waals surface area contributed by atoms with E-state index in [1.54, 1.807) is 0 Å². The molecule has 0 rings (SSSR count). The van der Waals surface area contributed by atoms with Crippen LogP contribution in [-0.4, -0.2) is 25.3 Å². The Balaban J connectivity index is 5.33. The smallest absolute Gasteiger partial charge is 0.260 e. The quantitative estimate of drug-likeness (QED) is 0.277. The highest BCUT2D eigenvalue weighted by atomic mass is 127. The van der Waals surface area contributed by atoms with Crippen LogP contribution < -0.4 is 0 Å². The summed E-state index contributed by atoms with van der Waals surface area (Å²) < 4.78 is 98.7. The SMILES string of the molecule is FC(F)(Br)C(F)(Cl)C(F)(F)OC(F)(Cl)C(F)(F)I. The van der Waals surface area contributed by atoms with E-state index in [4.69, 9.17) is 0 Å². The maximum absolute atomic E-state index is 12.9. The molecule has 0 heterocycles. The number of alkyl halides is 12. The van der Waals surface area contributed by atoms with Gasteiger partial charge in [0.1, 0.15) is 0 Å². The minimum Gasteiger partial charge on any atom is -0.260 e. The van der Waals surface area contributed by atoms with Gasteiger partial charge < -0.3 is 0 Å². The monoisotopic (exact) mass is 504 g/mol. The summed E-state index contributed by atoms with van der Waals surface area (Å²) >= 11 is 9.47. The van der Waals surface area contributed by atoms with Crippen LogP contribution in [0.15, 0.2) is 0 Å². The highest BCUT2D eigenvalue weighted by Gasteiger charge is 2.74. The first-order chi connectivity index (χ1) is 7.46. The number of ether oxygens (including phenoxy) is 1. The van der Waals surface area contributed by atoms with E-state index in [1.165, 1.54) is 0 Å². The summed E-state index contributed by atoms with van der Waals surface area (Å²) in [6, 6.07) is 0. The first-order valence-corrected chi connectivity index (χ1v) is 6.05. The summed E-state index contributed by atoms with van der Waals surface area (Å²) in [4.78, 5) is -5.11.